The summed E-state index contributed by atoms with van der Waals surface area (Å²) in [6.07, 6.45) is -4.91. The van der Waals surface area contributed by atoms with Gasteiger partial charge in [0.1, 0.15) is 11.3 Å². The van der Waals surface area contributed by atoms with Gasteiger partial charge in [0.25, 0.3) is 0 Å². The van der Waals surface area contributed by atoms with Crippen LogP contribution in [0.5, 0.6) is 11.6 Å². The maximum Gasteiger partial charge on any atom is 0.574 e. The molecule has 5 nitrogen and oxygen atoms in total. The largest absolute Gasteiger partial charge is 0.574 e. The van der Waals surface area contributed by atoms with Gasteiger partial charge in [0, 0.05) is 11.4 Å². The zero-order valence-corrected chi connectivity index (χ0v) is 10.5. The van der Waals surface area contributed by atoms with Crippen molar-refractivity contribution in [2.45, 2.75) is 11.7 Å². The van der Waals surface area contributed by atoms with E-state index in [1.54, 1.807) is 0 Å². The van der Waals surface area contributed by atoms with E-state index >= 15 is 0 Å². The molecule has 0 aliphatic heterocycles. The fourth-order valence-electron chi connectivity index (χ4n) is 1.21. The van der Waals surface area contributed by atoms with Crippen LogP contribution in [0.1, 0.15) is 16.1 Å². The van der Waals surface area contributed by atoms with Crippen molar-refractivity contribution in [3.8, 4) is 11.6 Å². The molecule has 0 saturated carbocycles. The van der Waals surface area contributed by atoms with Crippen molar-refractivity contribution in [1.82, 2.24) is 4.98 Å². The minimum absolute atomic E-state index is 0.0555. The summed E-state index contributed by atoms with van der Waals surface area (Å²) in [6.45, 7) is 0. The van der Waals surface area contributed by atoms with Crippen molar-refractivity contribution in [1.29, 1.82) is 0 Å². The van der Waals surface area contributed by atoms with Gasteiger partial charge in [-0.1, -0.05) is 15.9 Å². The Morgan fingerprint density at radius 2 is 2.17 bits per heavy atom. The SMILES string of the molecule is COc1cc(OC(F)(F)F)nc(CBr)c1C(=O)O. The molecule has 0 amide bonds. The summed E-state index contributed by atoms with van der Waals surface area (Å²) < 4.78 is 44.5. The van der Waals surface area contributed by atoms with Crippen LogP contribution in [0.25, 0.3) is 0 Å². The molecule has 0 aliphatic rings. The first kappa shape index (κ1) is 14.6. The summed E-state index contributed by atoms with van der Waals surface area (Å²) >= 11 is 2.94. The molecular formula is C9H7BrF3NO4. The van der Waals surface area contributed by atoms with Crippen molar-refractivity contribution in [2.75, 3.05) is 7.11 Å². The van der Waals surface area contributed by atoms with Gasteiger partial charge in [0.05, 0.1) is 12.8 Å². The number of aromatic carboxylic acids is 1. The second kappa shape index (κ2) is 5.42. The molecule has 1 rings (SSSR count). The van der Waals surface area contributed by atoms with Gasteiger partial charge in [-0.2, -0.15) is 0 Å². The van der Waals surface area contributed by atoms with Crippen LogP contribution in [-0.2, 0) is 5.33 Å². The molecule has 0 bridgehead atoms. The number of methoxy groups -OCH3 is 1. The number of rotatable bonds is 4. The topological polar surface area (TPSA) is 68.7 Å². The van der Waals surface area contributed by atoms with E-state index in [0.717, 1.165) is 13.2 Å². The fraction of sp³-hybridized carbons (Fsp3) is 0.333. The molecule has 0 aromatic carbocycles. The number of hydrogen-bond acceptors (Lipinski definition) is 4. The molecule has 0 spiro atoms. The Morgan fingerprint density at radius 1 is 1.56 bits per heavy atom. The van der Waals surface area contributed by atoms with Gasteiger partial charge < -0.3 is 14.6 Å². The van der Waals surface area contributed by atoms with E-state index < -0.39 is 18.2 Å². The minimum Gasteiger partial charge on any atom is -0.496 e. The summed E-state index contributed by atoms with van der Waals surface area (Å²) in [7, 11) is 1.14. The molecule has 100 valence electrons. The highest BCUT2D eigenvalue weighted by molar-refractivity contribution is 9.08. The van der Waals surface area contributed by atoms with Crippen LogP contribution < -0.4 is 9.47 Å². The Balaban J connectivity index is 3.30. The lowest BCUT2D eigenvalue weighted by Gasteiger charge is -2.13. The van der Waals surface area contributed by atoms with E-state index in [0.29, 0.717) is 0 Å². The highest BCUT2D eigenvalue weighted by atomic mass is 79.9. The van der Waals surface area contributed by atoms with Crippen LogP contribution in [-0.4, -0.2) is 29.5 Å². The van der Waals surface area contributed by atoms with Crippen LogP contribution in [0.3, 0.4) is 0 Å². The van der Waals surface area contributed by atoms with Gasteiger partial charge in [0.15, 0.2) is 0 Å². The number of halogens is 4. The number of ether oxygens (including phenoxy) is 2. The van der Waals surface area contributed by atoms with Crippen molar-refractivity contribution in [2.24, 2.45) is 0 Å². The van der Waals surface area contributed by atoms with Crippen molar-refractivity contribution < 1.29 is 32.5 Å². The van der Waals surface area contributed by atoms with Crippen LogP contribution in [0.2, 0.25) is 0 Å². The predicted octanol–water partition coefficient (Wildman–Crippen LogP) is 2.58. The smallest absolute Gasteiger partial charge is 0.496 e. The average molecular weight is 330 g/mol. The quantitative estimate of drug-likeness (QED) is 0.860. The third kappa shape index (κ3) is 3.49. The summed E-state index contributed by atoms with van der Waals surface area (Å²) in [5, 5.41) is 8.87. The van der Waals surface area contributed by atoms with Crippen molar-refractivity contribution in [3.63, 3.8) is 0 Å². The van der Waals surface area contributed by atoms with Crippen LogP contribution in [0.15, 0.2) is 6.07 Å². The number of pyridine rings is 1. The average Bonchev–Trinajstić information content (AvgIpc) is 2.24. The maximum absolute atomic E-state index is 12.0. The number of hydrogen-bond donors (Lipinski definition) is 1. The van der Waals surface area contributed by atoms with Gasteiger partial charge in [-0.3, -0.25) is 0 Å². The lowest BCUT2D eigenvalue weighted by atomic mass is 10.2. The number of nitrogens with zero attached hydrogens (tertiary/aromatic N) is 1. The second-order valence-corrected chi connectivity index (χ2v) is 3.53. The summed E-state index contributed by atoms with van der Waals surface area (Å²) in [4.78, 5) is 14.4. The van der Waals surface area contributed by atoms with Gasteiger partial charge in [-0.25, -0.2) is 9.78 Å². The van der Waals surface area contributed by atoms with E-state index in [-0.39, 0.29) is 22.3 Å². The lowest BCUT2D eigenvalue weighted by Crippen LogP contribution is -2.19. The molecule has 1 aromatic rings. The first-order chi connectivity index (χ1) is 8.28. The Bertz CT molecular complexity index is 439. The molecule has 9 heteroatoms. The Morgan fingerprint density at radius 3 is 2.56 bits per heavy atom. The maximum atomic E-state index is 12.0. The fourth-order valence-corrected chi connectivity index (χ4v) is 1.61. The summed E-state index contributed by atoms with van der Waals surface area (Å²) in [5.74, 6) is -2.39. The summed E-state index contributed by atoms with van der Waals surface area (Å²) in [5.41, 5.74) is -0.440. The second-order valence-electron chi connectivity index (χ2n) is 2.97. The molecule has 0 radical (unpaired) electrons. The number of carboxylic acid groups (broad SMARTS) is 1. The molecule has 1 heterocycles. The standard InChI is InChI=1S/C9H7BrF3NO4/c1-17-5-2-6(18-9(11,12)13)14-4(3-10)7(5)8(15)16/h2H,3H2,1H3,(H,15,16). The van der Waals surface area contributed by atoms with E-state index in [4.69, 9.17) is 9.84 Å². The molecule has 1 N–H and O–H groups in total. The zero-order valence-electron chi connectivity index (χ0n) is 8.92. The van der Waals surface area contributed by atoms with Gasteiger partial charge in [0.2, 0.25) is 5.88 Å². The molecule has 0 fully saturated rings. The van der Waals surface area contributed by atoms with E-state index in [9.17, 15) is 18.0 Å². The van der Waals surface area contributed by atoms with E-state index in [1.165, 1.54) is 0 Å². The molecule has 1 aromatic heterocycles. The molecule has 0 atom stereocenters. The van der Waals surface area contributed by atoms with E-state index in [2.05, 4.69) is 25.7 Å². The van der Waals surface area contributed by atoms with Gasteiger partial charge in [-0.05, 0) is 0 Å². The van der Waals surface area contributed by atoms with Crippen molar-refractivity contribution in [3.05, 3.63) is 17.3 Å². The predicted molar refractivity (Wildman–Crippen MR) is 57.1 cm³/mol. The molecule has 18 heavy (non-hydrogen) atoms. The number of alkyl halides is 4. The zero-order chi connectivity index (χ0) is 13.9. The molecule has 0 saturated heterocycles. The van der Waals surface area contributed by atoms with Crippen LogP contribution in [0, 0.1) is 0 Å². The third-order valence-corrected chi connectivity index (χ3v) is 2.35. The molecule has 0 unspecified atom stereocenters. The van der Waals surface area contributed by atoms with Crippen LogP contribution in [0.4, 0.5) is 13.2 Å². The first-order valence-electron chi connectivity index (χ1n) is 4.41. The Hall–Kier alpha value is -1.51. The normalized spacial score (nSPS) is 11.2. The lowest BCUT2D eigenvalue weighted by molar-refractivity contribution is -0.276. The van der Waals surface area contributed by atoms with E-state index in [1.807, 2.05) is 0 Å². The molecular weight excluding hydrogens is 323 g/mol. The highest BCUT2D eigenvalue weighted by Crippen LogP contribution is 2.30. The first-order valence-corrected chi connectivity index (χ1v) is 5.53. The minimum atomic E-state index is -4.91. The number of carbonyl (C=O) groups is 1. The monoisotopic (exact) mass is 329 g/mol. The van der Waals surface area contributed by atoms with Gasteiger partial charge >= 0.3 is 12.3 Å². The number of aromatic nitrogens is 1. The summed E-state index contributed by atoms with van der Waals surface area (Å²) in [6, 6.07) is 0.767. The Labute approximate surface area is 108 Å². The van der Waals surface area contributed by atoms with Crippen LogP contribution >= 0.6 is 15.9 Å². The molecule has 0 aliphatic carbocycles. The third-order valence-electron chi connectivity index (χ3n) is 1.82. The number of carboxylic acids is 1. The highest BCUT2D eigenvalue weighted by Gasteiger charge is 2.33. The Kier molecular flexibility index (Phi) is 4.38. The van der Waals surface area contributed by atoms with Crippen molar-refractivity contribution >= 4 is 21.9 Å². The van der Waals surface area contributed by atoms with Gasteiger partial charge in [-0.15, -0.1) is 13.2 Å².